The molecule has 0 unspecified atom stereocenters. The number of nitrogens with zero attached hydrogens (tertiary/aromatic N) is 2. The summed E-state index contributed by atoms with van der Waals surface area (Å²) in [6.07, 6.45) is 6.30. The molecule has 1 aromatic heterocycles. The number of rotatable bonds is 5. The van der Waals surface area contributed by atoms with Gasteiger partial charge in [0.05, 0.1) is 10.7 Å². The zero-order valence-electron chi connectivity index (χ0n) is 11.8. The summed E-state index contributed by atoms with van der Waals surface area (Å²) < 4.78 is 0. The molecule has 1 fully saturated rings. The predicted molar refractivity (Wildman–Crippen MR) is 78.1 cm³/mol. The molecule has 3 nitrogen and oxygen atoms in total. The lowest BCUT2D eigenvalue weighted by molar-refractivity contribution is 0.168. The van der Waals surface area contributed by atoms with E-state index in [2.05, 4.69) is 41.6 Å². The molecule has 0 atom stereocenters. The molecule has 0 radical (unpaired) electrons. The fourth-order valence-electron chi connectivity index (χ4n) is 2.77. The van der Waals surface area contributed by atoms with Gasteiger partial charge < -0.3 is 5.32 Å². The topological polar surface area (TPSA) is 28.2 Å². The maximum atomic E-state index is 4.66. The third kappa shape index (κ3) is 3.53. The van der Waals surface area contributed by atoms with Crippen LogP contribution in [0.3, 0.4) is 0 Å². The smallest absolute Gasteiger partial charge is 0.0926 e. The Morgan fingerprint density at radius 1 is 1.39 bits per heavy atom. The quantitative estimate of drug-likeness (QED) is 0.889. The minimum absolute atomic E-state index is 0.737. The fraction of sp³-hybridized carbons (Fsp3) is 0.786. The zero-order chi connectivity index (χ0) is 13.0. The summed E-state index contributed by atoms with van der Waals surface area (Å²) in [4.78, 5) is 7.15. The first-order chi connectivity index (χ1) is 8.72. The summed E-state index contributed by atoms with van der Waals surface area (Å²) in [5.41, 5.74) is 1.25. The summed E-state index contributed by atoms with van der Waals surface area (Å²) in [5, 5.41) is 6.87. The lowest BCUT2D eigenvalue weighted by Gasteiger charge is -2.34. The van der Waals surface area contributed by atoms with Crippen molar-refractivity contribution in [3.8, 4) is 0 Å². The van der Waals surface area contributed by atoms with Gasteiger partial charge >= 0.3 is 0 Å². The summed E-state index contributed by atoms with van der Waals surface area (Å²) in [6, 6.07) is 1.47. The van der Waals surface area contributed by atoms with Gasteiger partial charge in [-0.2, -0.15) is 0 Å². The molecule has 1 aliphatic carbocycles. The highest BCUT2D eigenvalue weighted by Crippen LogP contribution is 2.23. The van der Waals surface area contributed by atoms with Gasteiger partial charge in [0, 0.05) is 24.0 Å². The normalized spacial score (nSPS) is 24.7. The molecular weight excluding hydrogens is 242 g/mol. The Hall–Kier alpha value is -0.450. The van der Waals surface area contributed by atoms with Crippen LogP contribution in [-0.2, 0) is 13.0 Å². The van der Waals surface area contributed by atoms with Crippen LogP contribution in [0.5, 0.6) is 0 Å². The predicted octanol–water partition coefficient (Wildman–Crippen LogP) is 2.67. The molecule has 1 aromatic rings. The number of hydrogen-bond donors (Lipinski definition) is 1. The van der Waals surface area contributed by atoms with E-state index < -0.39 is 0 Å². The minimum Gasteiger partial charge on any atom is -0.317 e. The second kappa shape index (κ2) is 6.64. The molecule has 0 amide bonds. The first-order valence-electron chi connectivity index (χ1n) is 7.03. The molecule has 4 heteroatoms. The third-order valence-corrected chi connectivity index (χ3v) is 5.08. The standard InChI is InChI=1S/C14H25N3S/c1-4-14-16-12(10-18-14)9-17(3)13-7-5-11(15-2)6-8-13/h10-11,13,15H,4-9H2,1-3H3. The van der Waals surface area contributed by atoms with Gasteiger partial charge in [0.25, 0.3) is 0 Å². The number of thiazole rings is 1. The molecule has 0 aliphatic heterocycles. The maximum absolute atomic E-state index is 4.66. The minimum atomic E-state index is 0.737. The zero-order valence-corrected chi connectivity index (χ0v) is 12.6. The summed E-state index contributed by atoms with van der Waals surface area (Å²) in [6.45, 7) is 3.18. The average Bonchev–Trinajstić information content (AvgIpc) is 2.86. The van der Waals surface area contributed by atoms with Gasteiger partial charge in [-0.15, -0.1) is 11.3 Å². The largest absolute Gasteiger partial charge is 0.317 e. The van der Waals surface area contributed by atoms with Crippen LogP contribution in [0.4, 0.5) is 0 Å². The maximum Gasteiger partial charge on any atom is 0.0926 e. The van der Waals surface area contributed by atoms with E-state index in [4.69, 9.17) is 0 Å². The lowest BCUT2D eigenvalue weighted by atomic mass is 9.90. The van der Waals surface area contributed by atoms with Crippen molar-refractivity contribution in [2.75, 3.05) is 14.1 Å². The van der Waals surface area contributed by atoms with E-state index in [1.807, 2.05) is 0 Å². The molecule has 102 valence electrons. The Kier molecular flexibility index (Phi) is 5.15. The van der Waals surface area contributed by atoms with Crippen LogP contribution >= 0.6 is 11.3 Å². The highest BCUT2D eigenvalue weighted by molar-refractivity contribution is 7.09. The Labute approximate surface area is 115 Å². The summed E-state index contributed by atoms with van der Waals surface area (Å²) in [5.74, 6) is 0. The van der Waals surface area contributed by atoms with Gasteiger partial charge in [0.2, 0.25) is 0 Å². The van der Waals surface area contributed by atoms with E-state index in [1.54, 1.807) is 11.3 Å². The number of nitrogens with one attached hydrogen (secondary N) is 1. The van der Waals surface area contributed by atoms with Gasteiger partial charge in [0.1, 0.15) is 0 Å². The monoisotopic (exact) mass is 267 g/mol. The van der Waals surface area contributed by atoms with E-state index in [-0.39, 0.29) is 0 Å². The lowest BCUT2D eigenvalue weighted by Crippen LogP contribution is -2.39. The number of aromatic nitrogens is 1. The number of hydrogen-bond acceptors (Lipinski definition) is 4. The molecule has 1 heterocycles. The van der Waals surface area contributed by atoms with Crippen LogP contribution in [0, 0.1) is 0 Å². The first kappa shape index (κ1) is 14.0. The van der Waals surface area contributed by atoms with Crippen molar-refractivity contribution < 1.29 is 0 Å². The van der Waals surface area contributed by atoms with Gasteiger partial charge in [-0.1, -0.05) is 6.92 Å². The van der Waals surface area contributed by atoms with Crippen LogP contribution in [0.1, 0.15) is 43.3 Å². The van der Waals surface area contributed by atoms with Crippen LogP contribution in [-0.4, -0.2) is 36.1 Å². The molecule has 1 aliphatic rings. The van der Waals surface area contributed by atoms with Crippen molar-refractivity contribution in [1.29, 1.82) is 0 Å². The van der Waals surface area contributed by atoms with Crippen LogP contribution in [0.2, 0.25) is 0 Å². The molecule has 0 spiro atoms. The molecule has 0 saturated heterocycles. The molecule has 18 heavy (non-hydrogen) atoms. The van der Waals surface area contributed by atoms with Gasteiger partial charge in [-0.05, 0) is 46.2 Å². The van der Waals surface area contributed by atoms with Crippen LogP contribution < -0.4 is 5.32 Å². The highest BCUT2D eigenvalue weighted by Gasteiger charge is 2.23. The summed E-state index contributed by atoms with van der Waals surface area (Å²) >= 11 is 1.79. The van der Waals surface area contributed by atoms with Crippen LogP contribution in [0.15, 0.2) is 5.38 Å². The Morgan fingerprint density at radius 3 is 2.67 bits per heavy atom. The van der Waals surface area contributed by atoms with E-state index in [0.717, 1.165) is 25.0 Å². The summed E-state index contributed by atoms with van der Waals surface area (Å²) in [7, 11) is 4.32. The van der Waals surface area contributed by atoms with Gasteiger partial charge in [0.15, 0.2) is 0 Å². The molecule has 0 aromatic carbocycles. The van der Waals surface area contributed by atoms with Gasteiger partial charge in [-0.3, -0.25) is 4.90 Å². The fourth-order valence-corrected chi connectivity index (χ4v) is 3.51. The van der Waals surface area contributed by atoms with E-state index in [0.29, 0.717) is 0 Å². The molecule has 2 rings (SSSR count). The number of aryl methyl sites for hydroxylation is 1. The van der Waals surface area contributed by atoms with Crippen molar-refractivity contribution in [3.05, 3.63) is 16.1 Å². The van der Waals surface area contributed by atoms with Crippen molar-refractivity contribution >= 4 is 11.3 Å². The first-order valence-corrected chi connectivity index (χ1v) is 7.91. The molecule has 1 saturated carbocycles. The molecule has 0 bridgehead atoms. The van der Waals surface area contributed by atoms with E-state index >= 15 is 0 Å². The van der Waals surface area contributed by atoms with Crippen molar-refractivity contribution in [2.24, 2.45) is 0 Å². The van der Waals surface area contributed by atoms with Gasteiger partial charge in [-0.25, -0.2) is 4.98 Å². The molecule has 1 N–H and O–H groups in total. The van der Waals surface area contributed by atoms with Crippen molar-refractivity contribution in [2.45, 2.75) is 57.7 Å². The van der Waals surface area contributed by atoms with Crippen molar-refractivity contribution in [1.82, 2.24) is 15.2 Å². The average molecular weight is 267 g/mol. The van der Waals surface area contributed by atoms with Crippen molar-refractivity contribution in [3.63, 3.8) is 0 Å². The highest BCUT2D eigenvalue weighted by atomic mass is 32.1. The molecular formula is C14H25N3S. The second-order valence-corrected chi connectivity index (χ2v) is 6.24. The van der Waals surface area contributed by atoms with Crippen LogP contribution in [0.25, 0.3) is 0 Å². The van der Waals surface area contributed by atoms with E-state index in [9.17, 15) is 0 Å². The Morgan fingerprint density at radius 2 is 2.11 bits per heavy atom. The van der Waals surface area contributed by atoms with E-state index in [1.165, 1.54) is 36.4 Å². The SMILES string of the molecule is CCc1nc(CN(C)C2CCC(NC)CC2)cs1. The Bertz CT molecular complexity index is 356. The second-order valence-electron chi connectivity index (χ2n) is 5.30. The Balaban J connectivity index is 1.82. The third-order valence-electron chi connectivity index (χ3n) is 4.04.